The molecule has 0 fully saturated rings. The Bertz CT molecular complexity index is 502. The normalized spacial score (nSPS) is 12.4. The summed E-state index contributed by atoms with van der Waals surface area (Å²) < 4.78 is 1.04. The zero-order valence-corrected chi connectivity index (χ0v) is 11.7. The molecular formula is C12H12BrN3S. The third kappa shape index (κ3) is 3.28. The summed E-state index contributed by atoms with van der Waals surface area (Å²) in [5.74, 6) is 0. The summed E-state index contributed by atoms with van der Waals surface area (Å²) in [7, 11) is 0. The summed E-state index contributed by atoms with van der Waals surface area (Å²) in [6, 6.07) is 8.07. The lowest BCUT2D eigenvalue weighted by molar-refractivity contribution is 0.815. The maximum absolute atomic E-state index is 5.84. The summed E-state index contributed by atoms with van der Waals surface area (Å²) in [6.07, 6.45) is 3.28. The SMILES string of the molecule is CC(N)c1ccc(Sc2ccncn2)c(Br)c1. The number of aromatic nitrogens is 2. The Morgan fingerprint density at radius 2 is 2.18 bits per heavy atom. The van der Waals surface area contributed by atoms with Crippen molar-refractivity contribution in [2.45, 2.75) is 22.9 Å². The number of halogens is 1. The highest BCUT2D eigenvalue weighted by Crippen LogP contribution is 2.33. The molecule has 1 aromatic heterocycles. The van der Waals surface area contributed by atoms with Crippen LogP contribution in [0.15, 0.2) is 51.2 Å². The summed E-state index contributed by atoms with van der Waals surface area (Å²) in [4.78, 5) is 9.19. The van der Waals surface area contributed by atoms with Gasteiger partial charge in [-0.1, -0.05) is 17.8 Å². The third-order valence-electron chi connectivity index (χ3n) is 2.25. The van der Waals surface area contributed by atoms with Gasteiger partial charge in [0.15, 0.2) is 0 Å². The first kappa shape index (κ1) is 12.5. The highest BCUT2D eigenvalue weighted by molar-refractivity contribution is 9.10. The lowest BCUT2D eigenvalue weighted by Crippen LogP contribution is -2.04. The van der Waals surface area contributed by atoms with Crippen molar-refractivity contribution in [1.29, 1.82) is 0 Å². The minimum Gasteiger partial charge on any atom is -0.324 e. The summed E-state index contributed by atoms with van der Waals surface area (Å²) in [5, 5.41) is 0.925. The van der Waals surface area contributed by atoms with Gasteiger partial charge >= 0.3 is 0 Å². The molecule has 17 heavy (non-hydrogen) atoms. The molecule has 88 valence electrons. The lowest BCUT2D eigenvalue weighted by Gasteiger charge is -2.09. The van der Waals surface area contributed by atoms with E-state index in [4.69, 9.17) is 5.73 Å². The summed E-state index contributed by atoms with van der Waals surface area (Å²) >= 11 is 5.15. The molecule has 1 atom stereocenters. The van der Waals surface area contributed by atoms with Gasteiger partial charge in [0.2, 0.25) is 0 Å². The molecule has 0 saturated carbocycles. The van der Waals surface area contributed by atoms with Crippen molar-refractivity contribution in [2.75, 3.05) is 0 Å². The predicted octanol–water partition coefficient (Wildman–Crippen LogP) is 3.41. The zero-order valence-electron chi connectivity index (χ0n) is 9.30. The quantitative estimate of drug-likeness (QED) is 0.883. The molecule has 0 aliphatic carbocycles. The van der Waals surface area contributed by atoms with Crippen LogP contribution < -0.4 is 5.73 Å². The third-order valence-corrected chi connectivity index (χ3v) is 4.20. The van der Waals surface area contributed by atoms with Gasteiger partial charge in [0.05, 0.1) is 0 Å². The van der Waals surface area contributed by atoms with Crippen LogP contribution >= 0.6 is 27.7 Å². The molecule has 5 heteroatoms. The average molecular weight is 310 g/mol. The second-order valence-corrected chi connectivity index (χ2v) is 5.54. The highest BCUT2D eigenvalue weighted by atomic mass is 79.9. The Morgan fingerprint density at radius 3 is 2.76 bits per heavy atom. The Labute approximate surface area is 113 Å². The number of nitrogens with zero attached hydrogens (tertiary/aromatic N) is 2. The largest absolute Gasteiger partial charge is 0.324 e. The molecule has 0 aliphatic heterocycles. The molecule has 2 rings (SSSR count). The van der Waals surface area contributed by atoms with Gasteiger partial charge in [-0.25, -0.2) is 9.97 Å². The van der Waals surface area contributed by atoms with Crippen LogP contribution in [0.1, 0.15) is 18.5 Å². The molecular weight excluding hydrogens is 298 g/mol. The number of rotatable bonds is 3. The molecule has 1 unspecified atom stereocenters. The number of hydrogen-bond donors (Lipinski definition) is 1. The molecule has 1 aromatic carbocycles. The van der Waals surface area contributed by atoms with Crippen molar-refractivity contribution in [3.8, 4) is 0 Å². The Hall–Kier alpha value is -0.910. The first-order chi connectivity index (χ1) is 8.16. The topological polar surface area (TPSA) is 51.8 Å². The Kier molecular flexibility index (Phi) is 4.15. The lowest BCUT2D eigenvalue weighted by atomic mass is 10.1. The van der Waals surface area contributed by atoms with E-state index in [2.05, 4.69) is 32.0 Å². The second kappa shape index (κ2) is 5.62. The van der Waals surface area contributed by atoms with Crippen LogP contribution in [0.25, 0.3) is 0 Å². The second-order valence-electron chi connectivity index (χ2n) is 3.63. The Morgan fingerprint density at radius 1 is 1.35 bits per heavy atom. The van der Waals surface area contributed by atoms with Crippen LogP contribution in [-0.2, 0) is 0 Å². The van der Waals surface area contributed by atoms with Gasteiger partial charge in [-0.05, 0) is 46.6 Å². The fourth-order valence-electron chi connectivity index (χ4n) is 1.33. The summed E-state index contributed by atoms with van der Waals surface area (Å²) in [6.45, 7) is 1.97. The van der Waals surface area contributed by atoms with E-state index in [0.29, 0.717) is 0 Å². The van der Waals surface area contributed by atoms with Gasteiger partial charge in [0.25, 0.3) is 0 Å². The number of hydrogen-bond acceptors (Lipinski definition) is 4. The van der Waals surface area contributed by atoms with Gasteiger partial charge in [-0.15, -0.1) is 0 Å². The Balaban J connectivity index is 2.23. The van der Waals surface area contributed by atoms with Crippen LogP contribution in [0, 0.1) is 0 Å². The first-order valence-corrected chi connectivity index (χ1v) is 6.76. The fraction of sp³-hybridized carbons (Fsp3) is 0.167. The van der Waals surface area contributed by atoms with Gasteiger partial charge in [0, 0.05) is 21.6 Å². The number of benzene rings is 1. The smallest absolute Gasteiger partial charge is 0.116 e. The molecule has 0 radical (unpaired) electrons. The van der Waals surface area contributed by atoms with Crippen molar-refractivity contribution in [3.05, 3.63) is 46.8 Å². The molecule has 0 saturated heterocycles. The molecule has 0 amide bonds. The number of nitrogens with two attached hydrogens (primary N) is 1. The maximum atomic E-state index is 5.84. The van der Waals surface area contributed by atoms with E-state index in [0.717, 1.165) is 20.0 Å². The van der Waals surface area contributed by atoms with Crippen LogP contribution in [0.5, 0.6) is 0 Å². The first-order valence-electron chi connectivity index (χ1n) is 5.15. The van der Waals surface area contributed by atoms with E-state index in [1.807, 2.05) is 25.1 Å². The van der Waals surface area contributed by atoms with Crippen molar-refractivity contribution >= 4 is 27.7 Å². The van der Waals surface area contributed by atoms with Crippen LogP contribution in [-0.4, -0.2) is 9.97 Å². The standard InChI is InChI=1S/C12H12BrN3S/c1-8(14)9-2-3-11(10(13)6-9)17-12-4-5-15-7-16-12/h2-8H,14H2,1H3. The summed E-state index contributed by atoms with van der Waals surface area (Å²) in [5.41, 5.74) is 6.95. The molecule has 0 bridgehead atoms. The average Bonchev–Trinajstić information content (AvgIpc) is 2.33. The molecule has 0 spiro atoms. The van der Waals surface area contributed by atoms with Crippen LogP contribution in [0.2, 0.25) is 0 Å². The van der Waals surface area contributed by atoms with Crippen LogP contribution in [0.3, 0.4) is 0 Å². The molecule has 2 aromatic rings. The van der Waals surface area contributed by atoms with E-state index in [9.17, 15) is 0 Å². The van der Waals surface area contributed by atoms with E-state index in [1.54, 1.807) is 24.3 Å². The van der Waals surface area contributed by atoms with Crippen molar-refractivity contribution in [1.82, 2.24) is 9.97 Å². The van der Waals surface area contributed by atoms with Gasteiger partial charge in [-0.2, -0.15) is 0 Å². The minimum atomic E-state index is 0.0457. The van der Waals surface area contributed by atoms with Crippen molar-refractivity contribution < 1.29 is 0 Å². The maximum Gasteiger partial charge on any atom is 0.116 e. The fourth-order valence-corrected chi connectivity index (χ4v) is 2.72. The predicted molar refractivity (Wildman–Crippen MR) is 72.9 cm³/mol. The van der Waals surface area contributed by atoms with E-state index >= 15 is 0 Å². The van der Waals surface area contributed by atoms with Gasteiger partial charge in [-0.3, -0.25) is 0 Å². The van der Waals surface area contributed by atoms with E-state index < -0.39 is 0 Å². The minimum absolute atomic E-state index is 0.0457. The molecule has 1 heterocycles. The van der Waals surface area contributed by atoms with E-state index in [1.165, 1.54) is 0 Å². The van der Waals surface area contributed by atoms with Gasteiger partial charge in [0.1, 0.15) is 11.4 Å². The highest BCUT2D eigenvalue weighted by Gasteiger charge is 2.06. The van der Waals surface area contributed by atoms with Crippen molar-refractivity contribution in [3.63, 3.8) is 0 Å². The van der Waals surface area contributed by atoms with Crippen molar-refractivity contribution in [2.24, 2.45) is 5.73 Å². The monoisotopic (exact) mass is 309 g/mol. The molecule has 0 aliphatic rings. The molecule has 3 nitrogen and oxygen atoms in total. The van der Waals surface area contributed by atoms with E-state index in [-0.39, 0.29) is 6.04 Å². The molecule has 2 N–H and O–H groups in total. The van der Waals surface area contributed by atoms with Crippen LogP contribution in [0.4, 0.5) is 0 Å². The zero-order chi connectivity index (χ0) is 12.3. The van der Waals surface area contributed by atoms with Gasteiger partial charge < -0.3 is 5.73 Å².